The Kier molecular flexibility index (Phi) is 6.47. The highest BCUT2D eigenvalue weighted by Gasteiger charge is 2.17. The molecule has 27 heavy (non-hydrogen) atoms. The maximum atomic E-state index is 12.4. The van der Waals surface area contributed by atoms with Gasteiger partial charge in [0.25, 0.3) is 11.8 Å². The average Bonchev–Trinajstić information content (AvgIpc) is 2.73. The number of ether oxygens (including phenoxy) is 1. The minimum absolute atomic E-state index is 0.0668. The Balaban J connectivity index is 1.56. The van der Waals surface area contributed by atoms with E-state index in [0.717, 1.165) is 24.2 Å². The number of benzene rings is 2. The molecule has 0 bridgehead atoms. The fraction of sp³-hybridized carbons (Fsp3) is 0.364. The molecule has 142 valence electrons. The van der Waals surface area contributed by atoms with Gasteiger partial charge >= 0.3 is 0 Å². The van der Waals surface area contributed by atoms with E-state index >= 15 is 0 Å². The van der Waals surface area contributed by atoms with E-state index in [9.17, 15) is 9.59 Å². The second-order valence-electron chi connectivity index (χ2n) is 6.88. The van der Waals surface area contributed by atoms with Gasteiger partial charge in [-0.25, -0.2) is 0 Å². The summed E-state index contributed by atoms with van der Waals surface area (Å²) in [5.74, 6) is 0.496. The molecule has 3 rings (SSSR count). The van der Waals surface area contributed by atoms with E-state index in [0.29, 0.717) is 17.7 Å². The first-order valence-electron chi connectivity index (χ1n) is 9.48. The minimum atomic E-state index is -0.180. The van der Waals surface area contributed by atoms with Crippen LogP contribution in [0.15, 0.2) is 48.5 Å². The van der Waals surface area contributed by atoms with Crippen molar-refractivity contribution in [3.8, 4) is 5.75 Å². The third-order valence-corrected chi connectivity index (χ3v) is 4.98. The monoisotopic (exact) mass is 366 g/mol. The topological polar surface area (TPSA) is 67.4 Å². The molecule has 1 saturated carbocycles. The summed E-state index contributed by atoms with van der Waals surface area (Å²) in [6, 6.07) is 14.6. The minimum Gasteiger partial charge on any atom is -0.496 e. The number of hydrogen-bond acceptors (Lipinski definition) is 3. The van der Waals surface area contributed by atoms with Gasteiger partial charge in [0.15, 0.2) is 0 Å². The Morgan fingerprint density at radius 2 is 1.56 bits per heavy atom. The lowest BCUT2D eigenvalue weighted by molar-refractivity contribution is 0.0922. The van der Waals surface area contributed by atoms with Crippen LogP contribution < -0.4 is 15.4 Å². The zero-order valence-corrected chi connectivity index (χ0v) is 15.7. The number of rotatable bonds is 6. The molecule has 1 aliphatic carbocycles. The number of nitrogens with one attached hydrogen (secondary N) is 2. The van der Waals surface area contributed by atoms with Gasteiger partial charge in [-0.3, -0.25) is 9.59 Å². The molecule has 1 fully saturated rings. The SMILES string of the molecule is COc1ccccc1CNC(=O)c1ccc(C(=O)NC2CCCCC2)cc1. The number of hydrogen-bond donors (Lipinski definition) is 2. The fourth-order valence-electron chi connectivity index (χ4n) is 3.42. The lowest BCUT2D eigenvalue weighted by Crippen LogP contribution is -2.36. The molecule has 5 heteroatoms. The van der Waals surface area contributed by atoms with E-state index in [4.69, 9.17) is 4.74 Å². The van der Waals surface area contributed by atoms with E-state index in [-0.39, 0.29) is 17.9 Å². The van der Waals surface area contributed by atoms with Gasteiger partial charge in [0, 0.05) is 29.3 Å². The van der Waals surface area contributed by atoms with Gasteiger partial charge in [-0.2, -0.15) is 0 Å². The Bertz CT molecular complexity index is 780. The Morgan fingerprint density at radius 1 is 0.926 bits per heavy atom. The molecule has 2 aromatic carbocycles. The van der Waals surface area contributed by atoms with Gasteiger partial charge < -0.3 is 15.4 Å². The number of para-hydroxylation sites is 1. The molecule has 0 spiro atoms. The summed E-state index contributed by atoms with van der Waals surface area (Å²) < 4.78 is 5.29. The molecule has 0 saturated heterocycles. The lowest BCUT2D eigenvalue weighted by Gasteiger charge is -2.22. The molecule has 5 nitrogen and oxygen atoms in total. The quantitative estimate of drug-likeness (QED) is 0.819. The third kappa shape index (κ3) is 5.09. The zero-order valence-electron chi connectivity index (χ0n) is 15.7. The number of amides is 2. The van der Waals surface area contributed by atoms with Crippen LogP contribution in [0.2, 0.25) is 0 Å². The van der Waals surface area contributed by atoms with Crippen molar-refractivity contribution in [3.63, 3.8) is 0 Å². The highest BCUT2D eigenvalue weighted by molar-refractivity contribution is 5.97. The molecule has 2 aromatic rings. The summed E-state index contributed by atoms with van der Waals surface area (Å²) in [6.45, 7) is 0.382. The maximum absolute atomic E-state index is 12.4. The molecular formula is C22H26N2O3. The lowest BCUT2D eigenvalue weighted by atomic mass is 9.95. The second kappa shape index (κ2) is 9.21. The highest BCUT2D eigenvalue weighted by atomic mass is 16.5. The second-order valence-corrected chi connectivity index (χ2v) is 6.88. The molecule has 0 aromatic heterocycles. The van der Waals surface area contributed by atoms with Crippen molar-refractivity contribution in [1.29, 1.82) is 0 Å². The first-order chi connectivity index (χ1) is 13.2. The largest absolute Gasteiger partial charge is 0.496 e. The van der Waals surface area contributed by atoms with Crippen LogP contribution in [0.3, 0.4) is 0 Å². The van der Waals surface area contributed by atoms with Crippen LogP contribution in [0, 0.1) is 0 Å². The highest BCUT2D eigenvalue weighted by Crippen LogP contribution is 2.18. The van der Waals surface area contributed by atoms with Crippen molar-refractivity contribution in [2.75, 3.05) is 7.11 Å². The van der Waals surface area contributed by atoms with Crippen LogP contribution in [0.25, 0.3) is 0 Å². The average molecular weight is 366 g/mol. The van der Waals surface area contributed by atoms with Crippen LogP contribution in [-0.4, -0.2) is 25.0 Å². The molecule has 2 amide bonds. The molecule has 0 atom stereocenters. The van der Waals surface area contributed by atoms with E-state index in [1.165, 1.54) is 19.3 Å². The molecular weight excluding hydrogens is 340 g/mol. The van der Waals surface area contributed by atoms with Crippen LogP contribution >= 0.6 is 0 Å². The van der Waals surface area contributed by atoms with Crippen LogP contribution in [0.4, 0.5) is 0 Å². The van der Waals surface area contributed by atoms with Crippen LogP contribution in [0.1, 0.15) is 58.4 Å². The smallest absolute Gasteiger partial charge is 0.251 e. The molecule has 0 unspecified atom stereocenters. The Morgan fingerprint density at radius 3 is 2.22 bits per heavy atom. The summed E-state index contributed by atoms with van der Waals surface area (Å²) in [7, 11) is 1.61. The number of methoxy groups -OCH3 is 1. The van der Waals surface area contributed by atoms with Crippen LogP contribution in [0.5, 0.6) is 5.75 Å². The van der Waals surface area contributed by atoms with Gasteiger partial charge in [0.05, 0.1) is 7.11 Å². The van der Waals surface area contributed by atoms with E-state index in [1.54, 1.807) is 31.4 Å². The molecule has 0 heterocycles. The summed E-state index contributed by atoms with van der Waals surface area (Å²) >= 11 is 0. The maximum Gasteiger partial charge on any atom is 0.251 e. The zero-order chi connectivity index (χ0) is 19.1. The van der Waals surface area contributed by atoms with Gasteiger partial charge in [-0.05, 0) is 43.2 Å². The van der Waals surface area contributed by atoms with E-state index < -0.39 is 0 Å². The molecule has 2 N–H and O–H groups in total. The predicted molar refractivity (Wildman–Crippen MR) is 105 cm³/mol. The van der Waals surface area contributed by atoms with Crippen molar-refractivity contribution >= 4 is 11.8 Å². The summed E-state index contributed by atoms with van der Waals surface area (Å²) in [4.78, 5) is 24.7. The van der Waals surface area contributed by atoms with Crippen molar-refractivity contribution in [2.24, 2.45) is 0 Å². The van der Waals surface area contributed by atoms with E-state index in [1.807, 2.05) is 24.3 Å². The van der Waals surface area contributed by atoms with Gasteiger partial charge in [0.1, 0.15) is 5.75 Å². The first kappa shape index (κ1) is 19.0. The normalized spacial score (nSPS) is 14.4. The summed E-state index contributed by atoms with van der Waals surface area (Å²) in [5.41, 5.74) is 2.03. The fourth-order valence-corrected chi connectivity index (χ4v) is 3.42. The summed E-state index contributed by atoms with van der Waals surface area (Å²) in [5, 5.41) is 5.97. The van der Waals surface area contributed by atoms with Gasteiger partial charge in [-0.15, -0.1) is 0 Å². The van der Waals surface area contributed by atoms with Crippen molar-refractivity contribution in [2.45, 2.75) is 44.7 Å². The van der Waals surface area contributed by atoms with Crippen molar-refractivity contribution < 1.29 is 14.3 Å². The number of carbonyl (C=O) groups is 2. The summed E-state index contributed by atoms with van der Waals surface area (Å²) in [6.07, 6.45) is 5.71. The standard InChI is InChI=1S/C22H26N2O3/c1-27-20-10-6-5-7-18(20)15-23-21(25)16-11-13-17(14-12-16)22(26)24-19-8-3-2-4-9-19/h5-7,10-14,19H,2-4,8-9,15H2,1H3,(H,23,25)(H,24,26). The molecule has 0 radical (unpaired) electrons. The Hall–Kier alpha value is -2.82. The van der Waals surface area contributed by atoms with Gasteiger partial charge in [-0.1, -0.05) is 37.5 Å². The Labute approximate surface area is 160 Å². The third-order valence-electron chi connectivity index (χ3n) is 4.98. The van der Waals surface area contributed by atoms with Crippen LogP contribution in [-0.2, 0) is 6.54 Å². The molecule has 1 aliphatic rings. The van der Waals surface area contributed by atoms with Gasteiger partial charge in [0.2, 0.25) is 0 Å². The van der Waals surface area contributed by atoms with E-state index in [2.05, 4.69) is 10.6 Å². The number of carbonyl (C=O) groups excluding carboxylic acids is 2. The van der Waals surface area contributed by atoms with Crippen molar-refractivity contribution in [1.82, 2.24) is 10.6 Å². The van der Waals surface area contributed by atoms with Crippen molar-refractivity contribution in [3.05, 3.63) is 65.2 Å². The first-order valence-corrected chi connectivity index (χ1v) is 9.48. The molecule has 0 aliphatic heterocycles. The predicted octanol–water partition coefficient (Wildman–Crippen LogP) is 3.69.